The predicted octanol–water partition coefficient (Wildman–Crippen LogP) is 3.83. The Morgan fingerprint density at radius 1 is 1.41 bits per heavy atom. The molecule has 0 aliphatic carbocycles. The highest BCUT2D eigenvalue weighted by Gasteiger charge is 2.04. The van der Waals surface area contributed by atoms with Crippen LogP contribution in [0.1, 0.15) is 16.9 Å². The summed E-state index contributed by atoms with van der Waals surface area (Å²) >= 11 is 3.40. The van der Waals surface area contributed by atoms with Gasteiger partial charge in [0, 0.05) is 5.69 Å². The molecule has 1 heterocycles. The van der Waals surface area contributed by atoms with Crippen LogP contribution in [0.4, 0.5) is 5.69 Å². The van der Waals surface area contributed by atoms with Crippen molar-refractivity contribution in [2.75, 3.05) is 5.32 Å². The van der Waals surface area contributed by atoms with Gasteiger partial charge in [-0.1, -0.05) is 6.07 Å². The number of anilines is 1. The molecule has 0 spiro atoms. The smallest absolute Gasteiger partial charge is 0.136 e. The first-order valence-electron chi connectivity index (χ1n) is 5.17. The highest BCUT2D eigenvalue weighted by Crippen LogP contribution is 2.21. The van der Waals surface area contributed by atoms with Gasteiger partial charge in [0.1, 0.15) is 5.76 Å². The highest BCUT2D eigenvalue weighted by molar-refractivity contribution is 9.10. The van der Waals surface area contributed by atoms with E-state index in [4.69, 9.17) is 9.68 Å². The maximum Gasteiger partial charge on any atom is 0.136 e. The molecule has 4 heteroatoms. The van der Waals surface area contributed by atoms with E-state index in [2.05, 4.69) is 27.3 Å². The number of hydrogen-bond acceptors (Lipinski definition) is 3. The van der Waals surface area contributed by atoms with Gasteiger partial charge in [-0.3, -0.25) is 0 Å². The summed E-state index contributed by atoms with van der Waals surface area (Å²) in [5, 5.41) is 12.1. The lowest BCUT2D eigenvalue weighted by molar-refractivity contribution is 0.516. The zero-order valence-corrected chi connectivity index (χ0v) is 10.9. The standard InChI is InChI=1S/C13H11BrN2O/c1-9-2-3-10(7-15)6-12(9)16-8-13-11(14)4-5-17-13/h2-6,16H,8H2,1H3. The number of nitrogens with one attached hydrogen (secondary N) is 1. The molecular weight excluding hydrogens is 280 g/mol. The molecule has 0 atom stereocenters. The number of hydrogen-bond donors (Lipinski definition) is 1. The number of halogens is 1. The molecule has 0 fully saturated rings. The van der Waals surface area contributed by atoms with Crippen LogP contribution in [0.3, 0.4) is 0 Å². The number of nitriles is 1. The summed E-state index contributed by atoms with van der Waals surface area (Å²) in [4.78, 5) is 0. The van der Waals surface area contributed by atoms with E-state index in [1.165, 1.54) is 0 Å². The summed E-state index contributed by atoms with van der Waals surface area (Å²) in [6, 6.07) is 9.56. The quantitative estimate of drug-likeness (QED) is 0.934. The van der Waals surface area contributed by atoms with Gasteiger partial charge in [-0.05, 0) is 46.6 Å². The van der Waals surface area contributed by atoms with E-state index in [9.17, 15) is 0 Å². The van der Waals surface area contributed by atoms with Crippen molar-refractivity contribution in [3.05, 3.63) is 51.9 Å². The maximum absolute atomic E-state index is 8.85. The SMILES string of the molecule is Cc1ccc(C#N)cc1NCc1occc1Br. The molecule has 86 valence electrons. The van der Waals surface area contributed by atoms with Crippen LogP contribution < -0.4 is 5.32 Å². The first-order valence-corrected chi connectivity index (χ1v) is 5.96. The molecule has 0 bridgehead atoms. The summed E-state index contributed by atoms with van der Waals surface area (Å²) in [5.41, 5.74) is 2.70. The van der Waals surface area contributed by atoms with Crippen LogP contribution in [0, 0.1) is 18.3 Å². The average molecular weight is 291 g/mol. The number of benzene rings is 1. The molecule has 0 unspecified atom stereocenters. The summed E-state index contributed by atoms with van der Waals surface area (Å²) < 4.78 is 6.25. The fourth-order valence-electron chi connectivity index (χ4n) is 1.51. The second-order valence-electron chi connectivity index (χ2n) is 3.69. The highest BCUT2D eigenvalue weighted by atomic mass is 79.9. The molecule has 0 amide bonds. The lowest BCUT2D eigenvalue weighted by Gasteiger charge is -2.08. The van der Waals surface area contributed by atoms with Gasteiger partial charge in [-0.2, -0.15) is 5.26 Å². The molecule has 1 aromatic heterocycles. The monoisotopic (exact) mass is 290 g/mol. The molecular formula is C13H11BrN2O. The van der Waals surface area contributed by atoms with Gasteiger partial charge in [0.05, 0.1) is 28.9 Å². The molecule has 1 aromatic carbocycles. The van der Waals surface area contributed by atoms with Gasteiger partial charge >= 0.3 is 0 Å². The summed E-state index contributed by atoms with van der Waals surface area (Å²) in [6.07, 6.45) is 1.64. The van der Waals surface area contributed by atoms with Crippen molar-refractivity contribution < 1.29 is 4.42 Å². The minimum absolute atomic E-state index is 0.587. The van der Waals surface area contributed by atoms with Gasteiger partial charge in [0.2, 0.25) is 0 Å². The van der Waals surface area contributed by atoms with Gasteiger partial charge in [0.25, 0.3) is 0 Å². The minimum atomic E-state index is 0.587. The number of furan rings is 1. The number of aryl methyl sites for hydroxylation is 1. The molecule has 3 nitrogen and oxygen atoms in total. The van der Waals surface area contributed by atoms with Crippen LogP contribution >= 0.6 is 15.9 Å². The Labute approximate surface area is 108 Å². The zero-order chi connectivity index (χ0) is 12.3. The summed E-state index contributed by atoms with van der Waals surface area (Å²) in [5.74, 6) is 0.840. The van der Waals surface area contributed by atoms with E-state index >= 15 is 0 Å². The molecule has 0 saturated carbocycles. The third kappa shape index (κ3) is 2.69. The Kier molecular flexibility index (Phi) is 3.50. The average Bonchev–Trinajstić information content (AvgIpc) is 2.74. The normalized spacial score (nSPS) is 9.94. The van der Waals surface area contributed by atoms with Crippen LogP contribution in [-0.4, -0.2) is 0 Å². The van der Waals surface area contributed by atoms with Crippen molar-refractivity contribution in [3.8, 4) is 6.07 Å². The van der Waals surface area contributed by atoms with E-state index in [1.807, 2.05) is 31.2 Å². The molecule has 0 saturated heterocycles. The van der Waals surface area contributed by atoms with Crippen LogP contribution in [0.15, 0.2) is 39.4 Å². The largest absolute Gasteiger partial charge is 0.466 e. The summed E-state index contributed by atoms with van der Waals surface area (Å²) in [6.45, 7) is 2.59. The molecule has 2 aromatic rings. The third-order valence-corrected chi connectivity index (χ3v) is 3.20. The topological polar surface area (TPSA) is 49.0 Å². The van der Waals surface area contributed by atoms with Gasteiger partial charge < -0.3 is 9.73 Å². The van der Waals surface area contributed by atoms with E-state index in [-0.39, 0.29) is 0 Å². The van der Waals surface area contributed by atoms with Crippen molar-refractivity contribution in [2.24, 2.45) is 0 Å². The van der Waals surface area contributed by atoms with E-state index in [0.29, 0.717) is 12.1 Å². The lowest BCUT2D eigenvalue weighted by Crippen LogP contribution is -2.00. The lowest BCUT2D eigenvalue weighted by atomic mass is 10.1. The van der Waals surface area contributed by atoms with E-state index in [1.54, 1.807) is 6.26 Å². The van der Waals surface area contributed by atoms with Crippen molar-refractivity contribution in [1.82, 2.24) is 0 Å². The number of nitrogens with zero attached hydrogens (tertiary/aromatic N) is 1. The van der Waals surface area contributed by atoms with Crippen molar-refractivity contribution in [1.29, 1.82) is 5.26 Å². The Bertz CT molecular complexity index is 569. The van der Waals surface area contributed by atoms with Crippen molar-refractivity contribution >= 4 is 21.6 Å². The molecule has 0 aliphatic rings. The van der Waals surface area contributed by atoms with E-state index in [0.717, 1.165) is 21.5 Å². The zero-order valence-electron chi connectivity index (χ0n) is 9.33. The van der Waals surface area contributed by atoms with Crippen LogP contribution in [-0.2, 0) is 6.54 Å². The Morgan fingerprint density at radius 2 is 2.24 bits per heavy atom. The molecule has 1 N–H and O–H groups in total. The number of rotatable bonds is 3. The van der Waals surface area contributed by atoms with Crippen molar-refractivity contribution in [3.63, 3.8) is 0 Å². The van der Waals surface area contributed by atoms with Crippen LogP contribution in [0.5, 0.6) is 0 Å². The molecule has 17 heavy (non-hydrogen) atoms. The third-order valence-electron chi connectivity index (χ3n) is 2.50. The first-order chi connectivity index (χ1) is 8.20. The Balaban J connectivity index is 2.14. The second kappa shape index (κ2) is 5.07. The van der Waals surface area contributed by atoms with E-state index < -0.39 is 0 Å². The Hall–Kier alpha value is -1.73. The molecule has 0 radical (unpaired) electrons. The van der Waals surface area contributed by atoms with Crippen LogP contribution in [0.2, 0.25) is 0 Å². The minimum Gasteiger partial charge on any atom is -0.466 e. The molecule has 0 aliphatic heterocycles. The van der Waals surface area contributed by atoms with Crippen LogP contribution in [0.25, 0.3) is 0 Å². The summed E-state index contributed by atoms with van der Waals surface area (Å²) in [7, 11) is 0. The van der Waals surface area contributed by atoms with Gasteiger partial charge in [-0.25, -0.2) is 0 Å². The second-order valence-corrected chi connectivity index (χ2v) is 4.54. The Morgan fingerprint density at radius 3 is 2.88 bits per heavy atom. The predicted molar refractivity (Wildman–Crippen MR) is 69.6 cm³/mol. The molecule has 2 rings (SSSR count). The van der Waals surface area contributed by atoms with Gasteiger partial charge in [0.15, 0.2) is 0 Å². The van der Waals surface area contributed by atoms with Crippen molar-refractivity contribution in [2.45, 2.75) is 13.5 Å². The maximum atomic E-state index is 8.85. The first kappa shape index (κ1) is 11.7. The van der Waals surface area contributed by atoms with Gasteiger partial charge in [-0.15, -0.1) is 0 Å². The fraction of sp³-hybridized carbons (Fsp3) is 0.154. The fourth-order valence-corrected chi connectivity index (χ4v) is 1.85.